The summed E-state index contributed by atoms with van der Waals surface area (Å²) in [5.41, 5.74) is -0.0233. The first-order chi connectivity index (χ1) is 12.0. The number of hydrogen-bond donors (Lipinski definition) is 3. The summed E-state index contributed by atoms with van der Waals surface area (Å²) in [6, 6.07) is 8.33. The van der Waals surface area contributed by atoms with E-state index in [-0.39, 0.29) is 18.2 Å². The lowest BCUT2D eigenvalue weighted by Crippen LogP contribution is -2.38. The number of para-hydroxylation sites is 1. The molecule has 1 aromatic rings. The quantitative estimate of drug-likeness (QED) is 0.757. The van der Waals surface area contributed by atoms with Gasteiger partial charge in [-0.2, -0.15) is 0 Å². The number of carboxylic acids is 1. The van der Waals surface area contributed by atoms with E-state index in [2.05, 4.69) is 10.6 Å². The number of hydrogen-bond acceptors (Lipinski definition) is 4. The van der Waals surface area contributed by atoms with Gasteiger partial charge in [-0.15, -0.1) is 0 Å². The number of nitrogens with one attached hydrogen (secondary N) is 2. The summed E-state index contributed by atoms with van der Waals surface area (Å²) in [6.45, 7) is 1.68. The third-order valence-electron chi connectivity index (χ3n) is 5.31. The van der Waals surface area contributed by atoms with Gasteiger partial charge in [-0.3, -0.25) is 14.9 Å². The predicted molar refractivity (Wildman–Crippen MR) is 92.1 cm³/mol. The molecule has 0 unspecified atom stereocenters. The Bertz CT molecular complexity index is 664. The van der Waals surface area contributed by atoms with Crippen LogP contribution >= 0.6 is 0 Å². The lowest BCUT2D eigenvalue weighted by Gasteiger charge is -2.23. The monoisotopic (exact) mass is 345 g/mol. The minimum absolute atomic E-state index is 0.171. The van der Waals surface area contributed by atoms with Crippen molar-refractivity contribution in [2.75, 3.05) is 25.0 Å². The van der Waals surface area contributed by atoms with Gasteiger partial charge in [0.2, 0.25) is 5.91 Å². The zero-order valence-electron chi connectivity index (χ0n) is 14.0. The number of carboxylic acid groups (broad SMARTS) is 1. The molecule has 0 radical (unpaired) electrons. The zero-order valence-corrected chi connectivity index (χ0v) is 14.0. The van der Waals surface area contributed by atoms with Crippen molar-refractivity contribution >= 4 is 23.6 Å². The van der Waals surface area contributed by atoms with E-state index in [1.54, 1.807) is 24.3 Å². The van der Waals surface area contributed by atoms with Gasteiger partial charge in [-0.1, -0.05) is 24.6 Å². The molecular weight excluding hydrogens is 322 g/mol. The molecule has 1 aliphatic carbocycles. The SMILES string of the molecule is O=C(CCN1C[C@@H]2CCC[C@@]2(C(=O)O)C1)NC(=O)Nc1ccccc1. The van der Waals surface area contributed by atoms with Crippen LogP contribution in [0, 0.1) is 11.3 Å². The van der Waals surface area contributed by atoms with Crippen LogP contribution in [-0.4, -0.2) is 47.5 Å². The number of urea groups is 1. The molecule has 1 saturated heterocycles. The van der Waals surface area contributed by atoms with E-state index >= 15 is 0 Å². The molecule has 1 heterocycles. The molecule has 1 aliphatic heterocycles. The Morgan fingerprint density at radius 2 is 2.00 bits per heavy atom. The van der Waals surface area contributed by atoms with Gasteiger partial charge in [0.1, 0.15) is 0 Å². The number of imide groups is 1. The Labute approximate surface area is 146 Å². The lowest BCUT2D eigenvalue weighted by molar-refractivity contribution is -0.149. The van der Waals surface area contributed by atoms with E-state index in [1.165, 1.54) is 0 Å². The molecule has 1 saturated carbocycles. The largest absolute Gasteiger partial charge is 0.481 e. The van der Waals surface area contributed by atoms with Crippen LogP contribution in [0.1, 0.15) is 25.7 Å². The second kappa shape index (κ2) is 7.23. The van der Waals surface area contributed by atoms with Crippen LogP contribution < -0.4 is 10.6 Å². The normalized spacial score (nSPS) is 25.4. The number of carbonyl (C=O) groups is 3. The van der Waals surface area contributed by atoms with Crippen molar-refractivity contribution in [3.8, 4) is 0 Å². The van der Waals surface area contributed by atoms with Gasteiger partial charge in [-0.25, -0.2) is 4.79 Å². The molecule has 2 aliphatic rings. The first-order valence-electron chi connectivity index (χ1n) is 8.61. The molecule has 134 valence electrons. The summed E-state index contributed by atoms with van der Waals surface area (Å²) in [4.78, 5) is 37.4. The Hall–Kier alpha value is -2.41. The summed E-state index contributed by atoms with van der Waals surface area (Å²) in [5, 5.41) is 14.5. The van der Waals surface area contributed by atoms with E-state index in [4.69, 9.17) is 0 Å². The van der Waals surface area contributed by atoms with Crippen LogP contribution in [0.15, 0.2) is 30.3 Å². The molecular formula is C18H23N3O4. The number of aliphatic carboxylic acids is 1. The topological polar surface area (TPSA) is 98.7 Å². The van der Waals surface area contributed by atoms with E-state index in [1.807, 2.05) is 11.0 Å². The van der Waals surface area contributed by atoms with E-state index < -0.39 is 17.4 Å². The number of carbonyl (C=O) groups excluding carboxylic acids is 2. The van der Waals surface area contributed by atoms with Crippen LogP contribution in [0.5, 0.6) is 0 Å². The molecule has 25 heavy (non-hydrogen) atoms. The highest BCUT2D eigenvalue weighted by Gasteiger charge is 2.54. The van der Waals surface area contributed by atoms with Crippen molar-refractivity contribution in [2.45, 2.75) is 25.7 Å². The van der Waals surface area contributed by atoms with Crippen LogP contribution in [0.25, 0.3) is 0 Å². The number of anilines is 1. The molecule has 3 rings (SSSR count). The van der Waals surface area contributed by atoms with Gasteiger partial charge in [0.25, 0.3) is 0 Å². The molecule has 1 aromatic carbocycles. The van der Waals surface area contributed by atoms with Crippen molar-refractivity contribution in [3.63, 3.8) is 0 Å². The van der Waals surface area contributed by atoms with E-state index in [9.17, 15) is 19.5 Å². The summed E-state index contributed by atoms with van der Waals surface area (Å²) in [5.74, 6) is -0.909. The summed E-state index contributed by atoms with van der Waals surface area (Å²) >= 11 is 0. The number of amides is 3. The minimum atomic E-state index is -0.718. The van der Waals surface area contributed by atoms with Crippen molar-refractivity contribution in [1.29, 1.82) is 0 Å². The molecule has 2 atom stereocenters. The van der Waals surface area contributed by atoms with Crippen LogP contribution in [0.2, 0.25) is 0 Å². The van der Waals surface area contributed by atoms with Gasteiger partial charge < -0.3 is 15.3 Å². The molecule has 0 spiro atoms. The number of rotatable bonds is 5. The molecule has 7 heteroatoms. The van der Waals surface area contributed by atoms with Crippen molar-refractivity contribution in [2.24, 2.45) is 11.3 Å². The van der Waals surface area contributed by atoms with Crippen molar-refractivity contribution in [1.82, 2.24) is 10.2 Å². The average molecular weight is 345 g/mol. The summed E-state index contributed by atoms with van der Waals surface area (Å²) < 4.78 is 0. The first-order valence-corrected chi connectivity index (χ1v) is 8.61. The lowest BCUT2D eigenvalue weighted by atomic mass is 9.81. The van der Waals surface area contributed by atoms with E-state index in [0.29, 0.717) is 18.8 Å². The maximum atomic E-state index is 11.9. The molecule has 7 nitrogen and oxygen atoms in total. The second-order valence-electron chi connectivity index (χ2n) is 6.90. The highest BCUT2D eigenvalue weighted by molar-refractivity contribution is 6.01. The number of likely N-dealkylation sites (tertiary alicyclic amines) is 1. The van der Waals surface area contributed by atoms with Crippen LogP contribution in [-0.2, 0) is 9.59 Å². The molecule has 0 aromatic heterocycles. The third kappa shape index (κ3) is 3.82. The highest BCUT2D eigenvalue weighted by atomic mass is 16.4. The van der Waals surface area contributed by atoms with Gasteiger partial charge in [0, 0.05) is 31.7 Å². The number of fused-ring (bicyclic) bond motifs is 1. The Balaban J connectivity index is 1.44. The maximum Gasteiger partial charge on any atom is 0.325 e. The summed E-state index contributed by atoms with van der Waals surface area (Å²) in [6.07, 6.45) is 2.79. The third-order valence-corrected chi connectivity index (χ3v) is 5.31. The fourth-order valence-electron chi connectivity index (χ4n) is 4.05. The Kier molecular flexibility index (Phi) is 5.03. The smallest absolute Gasteiger partial charge is 0.325 e. The van der Waals surface area contributed by atoms with E-state index in [0.717, 1.165) is 25.8 Å². The van der Waals surface area contributed by atoms with Gasteiger partial charge in [0.05, 0.1) is 5.41 Å². The van der Waals surface area contributed by atoms with Crippen molar-refractivity contribution < 1.29 is 19.5 Å². The molecule has 3 N–H and O–H groups in total. The fraction of sp³-hybridized carbons (Fsp3) is 0.500. The number of benzene rings is 1. The van der Waals surface area contributed by atoms with Gasteiger partial charge in [-0.05, 0) is 30.9 Å². The molecule has 2 fully saturated rings. The predicted octanol–water partition coefficient (Wildman–Crippen LogP) is 1.91. The Morgan fingerprint density at radius 3 is 2.68 bits per heavy atom. The van der Waals surface area contributed by atoms with Crippen LogP contribution in [0.4, 0.5) is 10.5 Å². The fourth-order valence-corrected chi connectivity index (χ4v) is 4.05. The maximum absolute atomic E-state index is 11.9. The Morgan fingerprint density at radius 1 is 1.24 bits per heavy atom. The molecule has 3 amide bonds. The standard InChI is InChI=1S/C18H23N3O4/c22-15(20-17(25)19-14-6-2-1-3-7-14)8-10-21-11-13-5-4-9-18(13,12-21)16(23)24/h1-3,6-7,13H,4-5,8-12H2,(H,23,24)(H2,19,20,22,25)/t13-,18+/m0/s1. The number of nitrogens with zero attached hydrogens (tertiary/aromatic N) is 1. The van der Waals surface area contributed by atoms with Crippen LogP contribution in [0.3, 0.4) is 0 Å². The van der Waals surface area contributed by atoms with Gasteiger partial charge >= 0.3 is 12.0 Å². The highest BCUT2D eigenvalue weighted by Crippen LogP contribution is 2.48. The molecule has 0 bridgehead atoms. The average Bonchev–Trinajstić information content (AvgIpc) is 3.11. The zero-order chi connectivity index (χ0) is 17.9. The first kappa shape index (κ1) is 17.4. The van der Waals surface area contributed by atoms with Crippen molar-refractivity contribution in [3.05, 3.63) is 30.3 Å². The second-order valence-corrected chi connectivity index (χ2v) is 6.90. The minimum Gasteiger partial charge on any atom is -0.481 e. The van der Waals surface area contributed by atoms with Gasteiger partial charge in [0.15, 0.2) is 0 Å². The summed E-state index contributed by atoms with van der Waals surface area (Å²) in [7, 11) is 0.